The Labute approximate surface area is 336 Å². The van der Waals surface area contributed by atoms with E-state index in [1.54, 1.807) is 0 Å². The number of tetrazole rings is 1. The molecule has 0 aliphatic rings. The van der Waals surface area contributed by atoms with E-state index in [9.17, 15) is 34.6 Å². The van der Waals surface area contributed by atoms with Crippen LogP contribution in [0.2, 0.25) is 5.15 Å². The summed E-state index contributed by atoms with van der Waals surface area (Å²) >= 11 is 6.61. The van der Waals surface area contributed by atoms with Gasteiger partial charge in [0, 0.05) is 18.5 Å². The predicted octanol–water partition coefficient (Wildman–Crippen LogP) is 5.50. The quantitative estimate of drug-likeness (QED) is 0.0269. The molecular weight excluding hydrogens is 788 g/mol. The summed E-state index contributed by atoms with van der Waals surface area (Å²) in [4.78, 5) is 72.0. The van der Waals surface area contributed by atoms with Crippen molar-refractivity contribution < 1.29 is 53.2 Å². The van der Waals surface area contributed by atoms with Gasteiger partial charge in [0.2, 0.25) is 5.82 Å². The molecule has 0 fully saturated rings. The van der Waals surface area contributed by atoms with Crippen LogP contribution in [0.1, 0.15) is 69.0 Å². The van der Waals surface area contributed by atoms with Crippen molar-refractivity contribution in [2.45, 2.75) is 71.4 Å². The monoisotopic (exact) mass is 830 g/mol. The van der Waals surface area contributed by atoms with Crippen molar-refractivity contribution in [3.63, 3.8) is 0 Å². The topological polar surface area (TPSA) is 265 Å². The Hall–Kier alpha value is -6.38. The maximum Gasteiger partial charge on any atom is 0.508 e. The number of hydrogen-bond acceptors (Lipinski definition) is 17. The van der Waals surface area contributed by atoms with E-state index in [4.69, 9.17) is 30.5 Å². The summed E-state index contributed by atoms with van der Waals surface area (Å²) in [5.41, 5.74) is 4.02. The molecule has 4 aromatic rings. The average Bonchev–Trinajstić information content (AvgIpc) is 3.85. The predicted molar refractivity (Wildman–Crippen MR) is 201 cm³/mol. The van der Waals surface area contributed by atoms with Gasteiger partial charge < -0.3 is 33.2 Å². The van der Waals surface area contributed by atoms with E-state index in [0.29, 0.717) is 30.3 Å². The average molecular weight is 831 g/mol. The molecule has 0 radical (unpaired) electrons. The lowest BCUT2D eigenvalue weighted by Crippen LogP contribution is -2.28. The summed E-state index contributed by atoms with van der Waals surface area (Å²) < 4.78 is 22.7. The van der Waals surface area contributed by atoms with Crippen LogP contribution in [0.25, 0.3) is 22.5 Å². The number of rotatable bonds is 26. The second-order valence-corrected chi connectivity index (χ2v) is 13.0. The Kier molecular flexibility index (Phi) is 18.1. The Morgan fingerprint density at radius 3 is 2.14 bits per heavy atom. The number of nitrogens with one attached hydrogen (secondary N) is 1. The second-order valence-electron chi connectivity index (χ2n) is 12.6. The van der Waals surface area contributed by atoms with E-state index in [1.807, 2.05) is 53.1 Å². The van der Waals surface area contributed by atoms with Crippen LogP contribution in [-0.2, 0) is 57.8 Å². The molecule has 2 aromatic heterocycles. The molecule has 4 rings (SSSR count). The van der Waals surface area contributed by atoms with Crippen molar-refractivity contribution in [3.05, 3.63) is 91.0 Å². The fraction of sp³-hybridized carbons (Fsp3) is 0.472. The molecule has 58 heavy (non-hydrogen) atoms. The van der Waals surface area contributed by atoms with Crippen molar-refractivity contribution in [2.24, 2.45) is 5.92 Å². The molecule has 0 amide bonds. The normalized spacial score (nSPS) is 11.3. The first-order chi connectivity index (χ1) is 28.0. The third kappa shape index (κ3) is 14.6. The van der Waals surface area contributed by atoms with Gasteiger partial charge in [0.15, 0.2) is 5.15 Å². The van der Waals surface area contributed by atoms with Gasteiger partial charge in [-0.25, -0.2) is 9.78 Å². The van der Waals surface area contributed by atoms with E-state index in [-0.39, 0.29) is 63.9 Å². The van der Waals surface area contributed by atoms with Crippen LogP contribution in [0.3, 0.4) is 0 Å². The van der Waals surface area contributed by atoms with Gasteiger partial charge in [-0.15, -0.1) is 30.4 Å². The number of halogens is 1. The van der Waals surface area contributed by atoms with Gasteiger partial charge in [0.25, 0.3) is 10.2 Å². The number of aromatic nitrogens is 6. The van der Waals surface area contributed by atoms with Crippen molar-refractivity contribution in [2.75, 3.05) is 33.0 Å². The molecule has 0 saturated carbocycles. The zero-order valence-corrected chi connectivity index (χ0v) is 32.4. The number of ether oxygens (including phenoxy) is 4. The molecule has 1 atom stereocenters. The SMILES string of the molecule is CCCCc1nc(Cl)c(COC(=O)CC(COC(=O)OCCCCO[N+](=O)[O-])C(=O)OCCCCO[N+](=O)[O-])n1Cc1ccc(-c2ccccc2-c2nn[nH]n2)cc1. The first-order valence-electron chi connectivity index (χ1n) is 18.4. The molecule has 1 N–H and O–H groups in total. The third-order valence-corrected chi connectivity index (χ3v) is 8.73. The molecule has 22 heteroatoms. The molecule has 21 nitrogen and oxygen atoms in total. The molecule has 0 aliphatic carbocycles. The molecule has 312 valence electrons. The third-order valence-electron chi connectivity index (χ3n) is 8.43. The van der Waals surface area contributed by atoms with Crippen molar-refractivity contribution in [1.82, 2.24) is 30.2 Å². The highest BCUT2D eigenvalue weighted by Gasteiger charge is 2.27. The van der Waals surface area contributed by atoms with Crippen LogP contribution in [-0.4, -0.2) is 91.5 Å². The molecule has 2 heterocycles. The van der Waals surface area contributed by atoms with E-state index in [0.717, 1.165) is 35.1 Å². The molecule has 1 unspecified atom stereocenters. The number of nitrogens with zero attached hydrogens (tertiary/aromatic N) is 7. The Bertz CT molecular complexity index is 1940. The highest BCUT2D eigenvalue weighted by atomic mass is 35.5. The first kappa shape index (κ1) is 44.3. The van der Waals surface area contributed by atoms with Crippen LogP contribution < -0.4 is 0 Å². The minimum absolute atomic E-state index is 0.141. The number of benzene rings is 2. The van der Waals surface area contributed by atoms with E-state index in [2.05, 4.69) is 42.2 Å². The molecule has 0 bridgehead atoms. The summed E-state index contributed by atoms with van der Waals surface area (Å²) in [6, 6.07) is 15.6. The van der Waals surface area contributed by atoms with Gasteiger partial charge in [0.1, 0.15) is 25.0 Å². The second kappa shape index (κ2) is 23.6. The minimum Gasteiger partial charge on any atom is -0.465 e. The number of H-pyrrole nitrogens is 1. The summed E-state index contributed by atoms with van der Waals surface area (Å²) in [5, 5.41) is 33.3. The summed E-state index contributed by atoms with van der Waals surface area (Å²) in [7, 11) is 0. The van der Waals surface area contributed by atoms with Gasteiger partial charge in [-0.1, -0.05) is 73.5 Å². The molecular formula is C36H43ClN8O13. The zero-order valence-electron chi connectivity index (χ0n) is 31.6. The van der Waals surface area contributed by atoms with Crippen LogP contribution >= 0.6 is 11.6 Å². The lowest BCUT2D eigenvalue weighted by molar-refractivity contribution is -0.757. The number of aryl methyl sites for hydroxylation is 1. The lowest BCUT2D eigenvalue weighted by Gasteiger charge is -2.17. The number of carbonyl (C=O) groups is 3. The van der Waals surface area contributed by atoms with Crippen LogP contribution in [0.15, 0.2) is 48.5 Å². The van der Waals surface area contributed by atoms with Crippen LogP contribution in [0.5, 0.6) is 0 Å². The van der Waals surface area contributed by atoms with Gasteiger partial charge in [-0.2, -0.15) is 5.21 Å². The number of unbranched alkanes of at least 4 members (excludes halogenated alkanes) is 3. The van der Waals surface area contributed by atoms with E-state index < -0.39 is 47.2 Å². The fourth-order valence-electron chi connectivity index (χ4n) is 5.50. The Balaban J connectivity index is 1.41. The minimum atomic E-state index is -1.30. The van der Waals surface area contributed by atoms with Gasteiger partial charge in [0.05, 0.1) is 38.5 Å². The number of hydrogen-bond donors (Lipinski definition) is 1. The first-order valence-corrected chi connectivity index (χ1v) is 18.8. The highest BCUT2D eigenvalue weighted by Crippen LogP contribution is 2.30. The number of aromatic amines is 1. The molecule has 0 spiro atoms. The zero-order chi connectivity index (χ0) is 41.7. The Morgan fingerprint density at radius 1 is 0.845 bits per heavy atom. The van der Waals surface area contributed by atoms with Crippen LogP contribution in [0.4, 0.5) is 4.79 Å². The van der Waals surface area contributed by atoms with E-state index >= 15 is 0 Å². The highest BCUT2D eigenvalue weighted by molar-refractivity contribution is 6.30. The standard InChI is InChI=1S/C36H43ClN8O13/c1-2-3-12-31-38-33(37)30(43(31)22-25-13-15-26(16-14-25)28-10-4-5-11-29(28)34-39-41-42-40-34)24-55-32(46)21-27(35(47)53-17-6-8-19-57-44(49)50)23-56-36(48)54-18-7-9-20-58-45(51)52/h4-5,10-11,13-16,27H,2-3,6-9,12,17-24H2,1H3,(H,39,40,41,42). The molecule has 0 saturated heterocycles. The van der Waals surface area contributed by atoms with Crippen molar-refractivity contribution >= 4 is 29.7 Å². The molecule has 0 aliphatic heterocycles. The lowest BCUT2D eigenvalue weighted by atomic mass is 9.98. The number of carbonyl (C=O) groups excluding carboxylic acids is 3. The van der Waals surface area contributed by atoms with Crippen molar-refractivity contribution in [3.8, 4) is 22.5 Å². The van der Waals surface area contributed by atoms with Gasteiger partial charge >= 0.3 is 18.1 Å². The smallest absolute Gasteiger partial charge is 0.465 e. The summed E-state index contributed by atoms with van der Waals surface area (Å²) in [6.45, 7) is 0.857. The number of esters is 2. The maximum absolute atomic E-state index is 13.2. The van der Waals surface area contributed by atoms with Crippen LogP contribution in [0, 0.1) is 26.1 Å². The van der Waals surface area contributed by atoms with E-state index in [1.165, 1.54) is 0 Å². The number of imidazole rings is 1. The molecule has 2 aromatic carbocycles. The Morgan fingerprint density at radius 2 is 1.50 bits per heavy atom. The summed E-state index contributed by atoms with van der Waals surface area (Å²) in [5.74, 6) is -1.84. The van der Waals surface area contributed by atoms with Gasteiger partial charge in [-0.05, 0) is 54.0 Å². The van der Waals surface area contributed by atoms with Gasteiger partial charge in [-0.3, -0.25) is 9.59 Å². The summed E-state index contributed by atoms with van der Waals surface area (Å²) in [6.07, 6.45) is 1.58. The maximum atomic E-state index is 13.2. The largest absolute Gasteiger partial charge is 0.508 e. The fourth-order valence-corrected chi connectivity index (χ4v) is 5.75. The van der Waals surface area contributed by atoms with Crippen molar-refractivity contribution in [1.29, 1.82) is 0 Å².